The zero-order valence-electron chi connectivity index (χ0n) is 14.6. The Kier molecular flexibility index (Phi) is 5.74. The molecule has 1 saturated heterocycles. The lowest BCUT2D eigenvalue weighted by atomic mass is 10.1. The van der Waals surface area contributed by atoms with Crippen LogP contribution in [0.1, 0.15) is 5.56 Å². The third-order valence-corrected chi connectivity index (χ3v) is 4.32. The summed E-state index contributed by atoms with van der Waals surface area (Å²) < 4.78 is 19.1. The molecule has 0 atom stereocenters. The lowest BCUT2D eigenvalue weighted by Gasteiger charge is -2.26. The van der Waals surface area contributed by atoms with Gasteiger partial charge in [-0.05, 0) is 48.5 Å². The molecule has 0 unspecified atom stereocenters. The molecule has 1 heterocycles. The van der Waals surface area contributed by atoms with Crippen LogP contribution in [0.2, 0.25) is 0 Å². The summed E-state index contributed by atoms with van der Waals surface area (Å²) in [6.07, 6.45) is 1.22. The summed E-state index contributed by atoms with van der Waals surface area (Å²) >= 11 is 3.27. The molecule has 2 aromatic carbocycles. The van der Waals surface area contributed by atoms with Gasteiger partial charge in [-0.15, -0.1) is 0 Å². The van der Waals surface area contributed by atoms with Crippen LogP contribution in [0.4, 0.5) is 14.9 Å². The number of amides is 5. The van der Waals surface area contributed by atoms with Gasteiger partial charge in [-0.25, -0.2) is 14.1 Å². The molecule has 29 heavy (non-hydrogen) atoms. The number of rotatable bonds is 5. The van der Waals surface area contributed by atoms with Crippen LogP contribution in [-0.2, 0) is 14.4 Å². The van der Waals surface area contributed by atoms with Crippen LogP contribution in [0.5, 0.6) is 5.75 Å². The molecule has 3 N–H and O–H groups in total. The molecule has 1 aliphatic heterocycles. The van der Waals surface area contributed by atoms with Gasteiger partial charge in [-0.3, -0.25) is 19.7 Å². The van der Waals surface area contributed by atoms with Crippen LogP contribution in [0, 0.1) is 5.82 Å². The molecule has 8 nitrogen and oxygen atoms in total. The normalized spacial score (nSPS) is 15.4. The first-order valence-corrected chi connectivity index (χ1v) is 8.93. The number of ether oxygens (including phenoxy) is 1. The number of nitrogens with one attached hydrogen (secondary N) is 1. The predicted molar refractivity (Wildman–Crippen MR) is 104 cm³/mol. The lowest BCUT2D eigenvalue weighted by molar-refractivity contribution is -0.123. The fourth-order valence-corrected chi connectivity index (χ4v) is 2.93. The van der Waals surface area contributed by atoms with Gasteiger partial charge in [-0.1, -0.05) is 15.9 Å². The molecule has 0 saturated carbocycles. The number of hydrogen-bond donors (Lipinski definition) is 2. The zero-order valence-corrected chi connectivity index (χ0v) is 16.2. The van der Waals surface area contributed by atoms with Crippen molar-refractivity contribution >= 4 is 51.4 Å². The molecule has 0 spiro atoms. The third-order valence-electron chi connectivity index (χ3n) is 3.83. The number of nitrogens with zero attached hydrogens (tertiary/aromatic N) is 1. The van der Waals surface area contributed by atoms with Gasteiger partial charge in [0.1, 0.15) is 17.1 Å². The summed E-state index contributed by atoms with van der Waals surface area (Å²) in [5.74, 6) is -2.85. The van der Waals surface area contributed by atoms with Gasteiger partial charge in [0.15, 0.2) is 6.61 Å². The highest BCUT2D eigenvalue weighted by Gasteiger charge is 2.37. The number of carbonyl (C=O) groups excluding carboxylic acids is 4. The molecule has 1 fully saturated rings. The number of carbonyl (C=O) groups is 4. The van der Waals surface area contributed by atoms with Gasteiger partial charge >= 0.3 is 6.03 Å². The highest BCUT2D eigenvalue weighted by molar-refractivity contribution is 9.10. The molecule has 148 valence electrons. The van der Waals surface area contributed by atoms with E-state index in [-0.39, 0.29) is 17.0 Å². The first-order valence-electron chi connectivity index (χ1n) is 8.14. The van der Waals surface area contributed by atoms with Crippen molar-refractivity contribution in [3.8, 4) is 5.75 Å². The maximum Gasteiger partial charge on any atom is 0.335 e. The maximum absolute atomic E-state index is 13.2. The van der Waals surface area contributed by atoms with Crippen molar-refractivity contribution in [1.29, 1.82) is 0 Å². The van der Waals surface area contributed by atoms with Crippen molar-refractivity contribution in [1.82, 2.24) is 5.32 Å². The summed E-state index contributed by atoms with van der Waals surface area (Å²) in [4.78, 5) is 49.0. The van der Waals surface area contributed by atoms with Crippen LogP contribution >= 0.6 is 15.9 Å². The van der Waals surface area contributed by atoms with Crippen LogP contribution < -0.4 is 20.7 Å². The number of barbiturate groups is 1. The van der Waals surface area contributed by atoms with Crippen molar-refractivity contribution in [2.75, 3.05) is 11.5 Å². The van der Waals surface area contributed by atoms with Crippen molar-refractivity contribution in [3.05, 3.63) is 63.9 Å². The monoisotopic (exact) mass is 461 g/mol. The number of primary amides is 1. The molecule has 1 aliphatic rings. The maximum atomic E-state index is 13.2. The van der Waals surface area contributed by atoms with Crippen molar-refractivity contribution < 1.29 is 28.3 Å². The number of benzene rings is 2. The Morgan fingerprint density at radius 2 is 1.86 bits per heavy atom. The van der Waals surface area contributed by atoms with E-state index in [2.05, 4.69) is 21.2 Å². The molecule has 3 rings (SSSR count). The smallest absolute Gasteiger partial charge is 0.335 e. The molecule has 0 radical (unpaired) electrons. The summed E-state index contributed by atoms with van der Waals surface area (Å²) in [6.45, 7) is -0.405. The number of halogens is 2. The van der Waals surface area contributed by atoms with Gasteiger partial charge < -0.3 is 10.5 Å². The zero-order chi connectivity index (χ0) is 21.1. The quantitative estimate of drug-likeness (QED) is 0.522. The van der Waals surface area contributed by atoms with Gasteiger partial charge in [0.2, 0.25) is 0 Å². The van der Waals surface area contributed by atoms with Crippen molar-refractivity contribution in [2.45, 2.75) is 0 Å². The van der Waals surface area contributed by atoms with E-state index >= 15 is 0 Å². The fourth-order valence-electron chi connectivity index (χ4n) is 2.55. The molecule has 2 aromatic rings. The van der Waals surface area contributed by atoms with E-state index in [9.17, 15) is 23.6 Å². The second-order valence-corrected chi connectivity index (χ2v) is 6.79. The number of urea groups is 1. The SMILES string of the molecule is NC(=O)COc1ccc(Br)cc1/C=C1\C(=O)NC(=O)N(c2ccc(F)cc2)C1=O. The molecule has 10 heteroatoms. The van der Waals surface area contributed by atoms with Crippen molar-refractivity contribution in [3.63, 3.8) is 0 Å². The molecule has 0 aromatic heterocycles. The standard InChI is InChI=1S/C19H13BrFN3O5/c20-11-1-6-15(29-9-16(22)25)10(7-11)8-14-17(26)23-19(28)24(18(14)27)13-4-2-12(21)3-5-13/h1-8H,9H2,(H2,22,25)(H,23,26,28)/b14-8+. The Balaban J connectivity index is 2.01. The number of anilines is 1. The van der Waals surface area contributed by atoms with Crippen LogP contribution in [0.25, 0.3) is 6.08 Å². The van der Waals surface area contributed by atoms with Gasteiger partial charge in [0.25, 0.3) is 17.7 Å². The second-order valence-electron chi connectivity index (χ2n) is 5.87. The minimum absolute atomic E-state index is 0.0896. The number of hydrogen-bond acceptors (Lipinski definition) is 5. The number of imide groups is 2. The van der Waals surface area contributed by atoms with Crippen LogP contribution in [0.15, 0.2) is 52.5 Å². The molecule has 0 bridgehead atoms. The fraction of sp³-hybridized carbons (Fsp3) is 0.0526. The van der Waals surface area contributed by atoms with Gasteiger partial charge in [0.05, 0.1) is 5.69 Å². The average molecular weight is 462 g/mol. The highest BCUT2D eigenvalue weighted by Crippen LogP contribution is 2.28. The first kappa shape index (κ1) is 20.2. The van der Waals surface area contributed by atoms with E-state index in [1.165, 1.54) is 24.3 Å². The lowest BCUT2D eigenvalue weighted by Crippen LogP contribution is -2.54. The Hall–Kier alpha value is -3.53. The third kappa shape index (κ3) is 4.49. The average Bonchev–Trinajstić information content (AvgIpc) is 2.65. The van der Waals surface area contributed by atoms with Gasteiger partial charge in [-0.2, -0.15) is 0 Å². The van der Waals surface area contributed by atoms with E-state index in [1.54, 1.807) is 12.1 Å². The second kappa shape index (κ2) is 8.23. The van der Waals surface area contributed by atoms with Crippen LogP contribution in [0.3, 0.4) is 0 Å². The largest absolute Gasteiger partial charge is 0.483 e. The summed E-state index contributed by atoms with van der Waals surface area (Å²) in [7, 11) is 0. The van der Waals surface area contributed by atoms with Gasteiger partial charge in [0, 0.05) is 10.0 Å². The minimum atomic E-state index is -0.955. The Bertz CT molecular complexity index is 1050. The summed E-state index contributed by atoms with van der Waals surface area (Å²) in [5.41, 5.74) is 5.12. The van der Waals surface area contributed by atoms with E-state index in [1.807, 2.05) is 0 Å². The molecular weight excluding hydrogens is 449 g/mol. The summed E-state index contributed by atoms with van der Waals surface area (Å²) in [5, 5.41) is 2.07. The Labute approximate surface area is 172 Å². The van der Waals surface area contributed by atoms with E-state index in [4.69, 9.17) is 10.5 Å². The van der Waals surface area contributed by atoms with E-state index < -0.39 is 36.2 Å². The molecule has 5 amide bonds. The summed E-state index contributed by atoms with van der Waals surface area (Å²) in [6, 6.07) is 8.40. The first-order chi connectivity index (χ1) is 13.8. The minimum Gasteiger partial charge on any atom is -0.483 e. The predicted octanol–water partition coefficient (Wildman–Crippen LogP) is 2.12. The highest BCUT2D eigenvalue weighted by atomic mass is 79.9. The molecular formula is C19H13BrFN3O5. The van der Waals surface area contributed by atoms with E-state index in [0.717, 1.165) is 12.1 Å². The Morgan fingerprint density at radius 3 is 2.52 bits per heavy atom. The molecule has 0 aliphatic carbocycles. The Morgan fingerprint density at radius 1 is 1.17 bits per heavy atom. The topological polar surface area (TPSA) is 119 Å². The van der Waals surface area contributed by atoms with Crippen LogP contribution in [-0.4, -0.2) is 30.4 Å². The number of nitrogens with two attached hydrogens (primary N) is 1. The van der Waals surface area contributed by atoms with E-state index in [0.29, 0.717) is 14.9 Å². The van der Waals surface area contributed by atoms with Crippen molar-refractivity contribution in [2.24, 2.45) is 5.73 Å².